The Balaban J connectivity index is 4.41. The van der Waals surface area contributed by atoms with E-state index in [4.69, 9.17) is 13.3 Å². The van der Waals surface area contributed by atoms with Crippen LogP contribution in [-0.4, -0.2) is 28.6 Å². The fourth-order valence-electron chi connectivity index (χ4n) is 0.827. The Morgan fingerprint density at radius 1 is 0.733 bits per heavy atom. The molecule has 0 spiro atoms. The van der Waals surface area contributed by atoms with Gasteiger partial charge in [-0.05, 0) is 5.70 Å². The van der Waals surface area contributed by atoms with Crippen molar-refractivity contribution in [1.29, 1.82) is 0 Å². The summed E-state index contributed by atoms with van der Waals surface area (Å²) in [6, 6.07) is 0. The molecule has 0 aromatic rings. The van der Waals surface area contributed by atoms with Gasteiger partial charge in [0.2, 0.25) is 0 Å². The Morgan fingerprint density at radius 3 is 1.27 bits per heavy atom. The van der Waals surface area contributed by atoms with Gasteiger partial charge in [0, 0.05) is 0 Å². The first-order chi connectivity index (χ1) is 7.24. The fourth-order valence-corrected chi connectivity index (χ4v) is 2.48. The van der Waals surface area contributed by atoms with Crippen LogP contribution in [0, 0.1) is 0 Å². The van der Waals surface area contributed by atoms with E-state index in [-0.39, 0.29) is 0 Å². The summed E-state index contributed by atoms with van der Waals surface area (Å²) in [6.07, 6.45) is 4.92. The molecule has 0 bridgehead atoms. The van der Waals surface area contributed by atoms with Crippen LogP contribution in [-0.2, 0) is 13.3 Å². The van der Waals surface area contributed by atoms with E-state index in [0.717, 1.165) is 0 Å². The van der Waals surface area contributed by atoms with Crippen molar-refractivity contribution in [2.24, 2.45) is 0 Å². The van der Waals surface area contributed by atoms with Gasteiger partial charge in [0.15, 0.2) is 0 Å². The van der Waals surface area contributed by atoms with E-state index in [1.165, 1.54) is 0 Å². The molecule has 0 radical (unpaired) electrons. The first-order valence-corrected chi connectivity index (χ1v) is 6.43. The van der Waals surface area contributed by atoms with Crippen molar-refractivity contribution in [3.05, 3.63) is 50.2 Å². The summed E-state index contributed by atoms with van der Waals surface area (Å²) >= 11 is 0. The predicted molar refractivity (Wildman–Crippen MR) is 64.4 cm³/mol. The lowest BCUT2D eigenvalue weighted by molar-refractivity contribution is 0.0997. The highest BCUT2D eigenvalue weighted by Gasteiger charge is 2.37. The molecule has 0 rings (SSSR count). The number of hydrogen-bond donors (Lipinski definition) is 0. The smallest absolute Gasteiger partial charge is 0.366 e. The van der Waals surface area contributed by atoms with Crippen molar-refractivity contribution in [2.45, 2.75) is 0 Å². The maximum absolute atomic E-state index is 5.50. The SMILES string of the molecule is C=CCO[Si](C=C)(OCC=C)OCC=C. The average molecular weight is 226 g/mol. The van der Waals surface area contributed by atoms with Crippen molar-refractivity contribution >= 4 is 8.80 Å². The Morgan fingerprint density at radius 2 is 1.07 bits per heavy atom. The summed E-state index contributed by atoms with van der Waals surface area (Å²) in [5.74, 6) is 0. The molecule has 0 aliphatic heterocycles. The highest BCUT2D eigenvalue weighted by molar-refractivity contribution is 6.66. The van der Waals surface area contributed by atoms with Crippen LogP contribution in [0.15, 0.2) is 50.2 Å². The minimum absolute atomic E-state index is 0.368. The first kappa shape index (κ1) is 14.1. The summed E-state index contributed by atoms with van der Waals surface area (Å²) in [5.41, 5.74) is 1.59. The van der Waals surface area contributed by atoms with E-state index < -0.39 is 8.80 Å². The standard InChI is InChI=1S/C11H18O3Si/c1-5-9-12-15(8-4,13-10-6-2)14-11-7-3/h5-8H,1-4,9-11H2. The molecule has 0 unspecified atom stereocenters. The van der Waals surface area contributed by atoms with Gasteiger partial charge >= 0.3 is 8.80 Å². The zero-order valence-corrected chi connectivity index (χ0v) is 9.98. The highest BCUT2D eigenvalue weighted by Crippen LogP contribution is 2.11. The van der Waals surface area contributed by atoms with Crippen molar-refractivity contribution in [1.82, 2.24) is 0 Å². The van der Waals surface area contributed by atoms with Crippen LogP contribution in [0.1, 0.15) is 0 Å². The highest BCUT2D eigenvalue weighted by atomic mass is 28.4. The van der Waals surface area contributed by atoms with Crippen molar-refractivity contribution in [3.63, 3.8) is 0 Å². The van der Waals surface area contributed by atoms with E-state index in [1.807, 2.05) is 0 Å². The van der Waals surface area contributed by atoms with Gasteiger partial charge in [0.05, 0.1) is 19.8 Å². The summed E-state index contributed by atoms with van der Waals surface area (Å²) in [6.45, 7) is 15.5. The van der Waals surface area contributed by atoms with E-state index in [0.29, 0.717) is 19.8 Å². The second-order valence-corrected chi connectivity index (χ2v) is 5.09. The van der Waals surface area contributed by atoms with E-state index in [1.54, 1.807) is 23.9 Å². The average Bonchev–Trinajstić information content (AvgIpc) is 2.29. The summed E-state index contributed by atoms with van der Waals surface area (Å²) in [7, 11) is -2.78. The van der Waals surface area contributed by atoms with E-state index in [2.05, 4.69) is 26.3 Å². The lowest BCUT2D eigenvalue weighted by atomic mass is 10.7. The van der Waals surface area contributed by atoms with Gasteiger partial charge in [-0.25, -0.2) is 0 Å². The van der Waals surface area contributed by atoms with Gasteiger partial charge in [-0.2, -0.15) is 0 Å². The topological polar surface area (TPSA) is 27.7 Å². The minimum atomic E-state index is -2.78. The zero-order chi connectivity index (χ0) is 11.6. The molecule has 0 saturated carbocycles. The molecule has 15 heavy (non-hydrogen) atoms. The maximum atomic E-state index is 5.50. The summed E-state index contributed by atoms with van der Waals surface area (Å²) in [4.78, 5) is 0. The second-order valence-electron chi connectivity index (χ2n) is 2.61. The molecule has 0 atom stereocenters. The molecule has 0 heterocycles. The molecule has 0 N–H and O–H groups in total. The zero-order valence-electron chi connectivity index (χ0n) is 8.98. The van der Waals surface area contributed by atoms with Crippen LogP contribution < -0.4 is 0 Å². The minimum Gasteiger partial charge on any atom is -0.366 e. The molecule has 84 valence electrons. The number of rotatable bonds is 10. The Hall–Kier alpha value is -0.943. The summed E-state index contributed by atoms with van der Waals surface area (Å²) < 4.78 is 16.5. The molecule has 0 aromatic heterocycles. The number of hydrogen-bond acceptors (Lipinski definition) is 3. The third-order valence-electron chi connectivity index (χ3n) is 1.46. The monoisotopic (exact) mass is 226 g/mol. The van der Waals surface area contributed by atoms with Gasteiger partial charge in [-0.1, -0.05) is 24.8 Å². The van der Waals surface area contributed by atoms with Crippen LogP contribution in [0.25, 0.3) is 0 Å². The van der Waals surface area contributed by atoms with Crippen LogP contribution in [0.2, 0.25) is 0 Å². The normalized spacial score (nSPS) is 10.7. The molecule has 0 aliphatic rings. The van der Waals surface area contributed by atoms with E-state index in [9.17, 15) is 0 Å². The molecule has 0 saturated heterocycles. The molecular formula is C11H18O3Si. The second kappa shape index (κ2) is 8.37. The van der Waals surface area contributed by atoms with E-state index >= 15 is 0 Å². The van der Waals surface area contributed by atoms with Crippen LogP contribution >= 0.6 is 0 Å². The fraction of sp³-hybridized carbons (Fsp3) is 0.273. The van der Waals surface area contributed by atoms with Gasteiger partial charge in [0.25, 0.3) is 0 Å². The Kier molecular flexibility index (Phi) is 7.85. The summed E-state index contributed by atoms with van der Waals surface area (Å²) in [5, 5.41) is 0. The largest absolute Gasteiger partial charge is 0.529 e. The molecule has 4 heteroatoms. The third-order valence-corrected chi connectivity index (χ3v) is 3.66. The Bertz CT molecular complexity index is 195. The molecule has 0 fully saturated rings. The molecule has 0 aromatic carbocycles. The van der Waals surface area contributed by atoms with Gasteiger partial charge in [0.1, 0.15) is 0 Å². The van der Waals surface area contributed by atoms with Gasteiger partial charge < -0.3 is 13.3 Å². The molecule has 0 aliphatic carbocycles. The molecule has 0 amide bonds. The molecule has 3 nitrogen and oxygen atoms in total. The van der Waals surface area contributed by atoms with Crippen LogP contribution in [0.3, 0.4) is 0 Å². The first-order valence-electron chi connectivity index (χ1n) is 4.62. The third kappa shape index (κ3) is 5.49. The van der Waals surface area contributed by atoms with Gasteiger partial charge in [-0.3, -0.25) is 0 Å². The van der Waals surface area contributed by atoms with Crippen molar-refractivity contribution in [3.8, 4) is 0 Å². The van der Waals surface area contributed by atoms with Crippen LogP contribution in [0.4, 0.5) is 0 Å². The van der Waals surface area contributed by atoms with Crippen molar-refractivity contribution in [2.75, 3.05) is 19.8 Å². The quantitative estimate of drug-likeness (QED) is 0.422. The van der Waals surface area contributed by atoms with Crippen molar-refractivity contribution < 1.29 is 13.3 Å². The van der Waals surface area contributed by atoms with Gasteiger partial charge in [-0.15, -0.1) is 19.7 Å². The lowest BCUT2D eigenvalue weighted by Crippen LogP contribution is -2.44. The maximum Gasteiger partial charge on any atom is 0.529 e. The molecular weight excluding hydrogens is 208 g/mol. The van der Waals surface area contributed by atoms with Crippen LogP contribution in [0.5, 0.6) is 0 Å². The Labute approximate surface area is 92.7 Å². The predicted octanol–water partition coefficient (Wildman–Crippen LogP) is 2.26. The lowest BCUT2D eigenvalue weighted by Gasteiger charge is -2.24.